The number of aromatic nitrogens is 2. The lowest BCUT2D eigenvalue weighted by Crippen LogP contribution is -2.45. The molecule has 0 unspecified atom stereocenters. The number of nitrogens with one attached hydrogen (secondary N) is 3. The molecular formula is C23H27F3N6O4. The van der Waals surface area contributed by atoms with Crippen molar-refractivity contribution in [2.75, 3.05) is 20.2 Å². The van der Waals surface area contributed by atoms with Crippen LogP contribution in [0.2, 0.25) is 0 Å². The third-order valence-electron chi connectivity index (χ3n) is 5.13. The van der Waals surface area contributed by atoms with Gasteiger partial charge in [-0.1, -0.05) is 0 Å². The first-order valence-corrected chi connectivity index (χ1v) is 11.1. The van der Waals surface area contributed by atoms with Crippen molar-refractivity contribution in [2.24, 2.45) is 5.73 Å². The molecule has 3 rings (SSSR count). The number of alkyl halides is 3. The number of rotatable bonds is 8. The molecule has 1 aromatic carbocycles. The van der Waals surface area contributed by atoms with Gasteiger partial charge >= 0.3 is 12.2 Å². The van der Waals surface area contributed by atoms with Gasteiger partial charge in [0.2, 0.25) is 5.89 Å². The molecule has 0 aliphatic heterocycles. The zero-order valence-electron chi connectivity index (χ0n) is 20.1. The number of carbonyl (C=O) groups excluding carboxylic acids is 2. The Hall–Kier alpha value is -3.87. The third-order valence-corrected chi connectivity index (χ3v) is 5.13. The lowest BCUT2D eigenvalue weighted by Gasteiger charge is -2.14. The van der Waals surface area contributed by atoms with Gasteiger partial charge in [0.25, 0.3) is 5.91 Å². The largest absolute Gasteiger partial charge is 0.494 e. The maximum atomic E-state index is 13.2. The summed E-state index contributed by atoms with van der Waals surface area (Å²) in [7, 11) is 1.32. The fourth-order valence-electron chi connectivity index (χ4n) is 3.43. The second kappa shape index (κ2) is 10.8. The molecule has 0 fully saturated rings. The van der Waals surface area contributed by atoms with E-state index in [0.717, 1.165) is 6.07 Å². The minimum Gasteiger partial charge on any atom is -0.494 e. The summed E-state index contributed by atoms with van der Waals surface area (Å²) in [5.41, 5.74) is 5.11. The second-order valence-corrected chi connectivity index (χ2v) is 8.04. The van der Waals surface area contributed by atoms with Crippen molar-refractivity contribution in [3.8, 4) is 17.2 Å². The molecule has 0 saturated heterocycles. The number of nitrogens with zero attached hydrogens (tertiary/aromatic N) is 2. The van der Waals surface area contributed by atoms with Gasteiger partial charge in [-0.05, 0) is 45.0 Å². The highest BCUT2D eigenvalue weighted by Crippen LogP contribution is 2.37. The number of ether oxygens (including phenoxy) is 1. The van der Waals surface area contributed by atoms with Gasteiger partial charge in [-0.3, -0.25) is 4.79 Å². The van der Waals surface area contributed by atoms with Gasteiger partial charge < -0.3 is 30.8 Å². The first kappa shape index (κ1) is 26.7. The van der Waals surface area contributed by atoms with Gasteiger partial charge in [-0.25, -0.2) is 14.8 Å². The van der Waals surface area contributed by atoms with E-state index in [1.807, 2.05) is 0 Å². The highest BCUT2D eigenvalue weighted by Gasteiger charge is 2.33. The topological polar surface area (TPSA) is 144 Å². The zero-order valence-corrected chi connectivity index (χ0v) is 20.1. The predicted molar refractivity (Wildman–Crippen MR) is 125 cm³/mol. The highest BCUT2D eigenvalue weighted by atomic mass is 19.4. The van der Waals surface area contributed by atoms with Crippen molar-refractivity contribution in [2.45, 2.75) is 39.0 Å². The molecule has 0 bridgehead atoms. The van der Waals surface area contributed by atoms with Gasteiger partial charge in [0.05, 0.1) is 13.2 Å². The minimum absolute atomic E-state index is 0.0187. The Balaban J connectivity index is 1.97. The van der Waals surface area contributed by atoms with E-state index in [1.165, 1.54) is 19.2 Å². The summed E-state index contributed by atoms with van der Waals surface area (Å²) in [6.07, 6.45) is -4.64. The van der Waals surface area contributed by atoms with Gasteiger partial charge in [-0.15, -0.1) is 0 Å². The molecule has 13 heteroatoms. The molecule has 0 aliphatic rings. The second-order valence-electron chi connectivity index (χ2n) is 8.04. The van der Waals surface area contributed by atoms with E-state index in [2.05, 4.69) is 25.9 Å². The molecule has 0 radical (unpaired) electrons. The number of fused-ring (bicyclic) bond motifs is 1. The van der Waals surface area contributed by atoms with E-state index < -0.39 is 29.9 Å². The number of halogens is 3. The number of hydrogen-bond donors (Lipinski definition) is 4. The predicted octanol–water partition coefficient (Wildman–Crippen LogP) is 3.37. The number of pyridine rings is 1. The van der Waals surface area contributed by atoms with Crippen molar-refractivity contribution < 1.29 is 31.9 Å². The lowest BCUT2D eigenvalue weighted by atomic mass is 10.1. The van der Waals surface area contributed by atoms with Crippen LogP contribution in [0.1, 0.15) is 48.8 Å². The Bertz CT molecular complexity index is 1260. The summed E-state index contributed by atoms with van der Waals surface area (Å²) >= 11 is 0. The Kier molecular flexibility index (Phi) is 8.03. The molecule has 194 valence electrons. The zero-order chi connectivity index (χ0) is 26.6. The van der Waals surface area contributed by atoms with Crippen molar-refractivity contribution in [3.05, 3.63) is 41.4 Å². The number of methoxy groups -OCH3 is 1. The maximum Gasteiger partial charge on any atom is 0.433 e. The van der Waals surface area contributed by atoms with Crippen molar-refractivity contribution >= 4 is 22.8 Å². The van der Waals surface area contributed by atoms with E-state index in [4.69, 9.17) is 14.9 Å². The summed E-state index contributed by atoms with van der Waals surface area (Å²) < 4.78 is 50.7. The average molecular weight is 509 g/mol. The number of urea groups is 1. The van der Waals surface area contributed by atoms with E-state index in [9.17, 15) is 22.8 Å². The molecule has 3 amide bonds. The Morgan fingerprint density at radius 3 is 2.47 bits per heavy atom. The molecule has 2 heterocycles. The SMILES string of the molecule is CCNC(=O)NC[C@H](C)NC(=O)c1nc(-c2ccc(OC)c3nc(C(F)(F)F)ccc23)oc1[C@H](C)N. The number of benzene rings is 1. The Morgan fingerprint density at radius 2 is 1.86 bits per heavy atom. The van der Waals surface area contributed by atoms with Gasteiger partial charge in [0.15, 0.2) is 11.5 Å². The van der Waals surface area contributed by atoms with Crippen LogP contribution in [0.15, 0.2) is 28.7 Å². The Labute approximate surface area is 204 Å². The van der Waals surface area contributed by atoms with Crippen LogP contribution in [0, 0.1) is 0 Å². The Morgan fingerprint density at radius 1 is 1.14 bits per heavy atom. The minimum atomic E-state index is -4.64. The van der Waals surface area contributed by atoms with Crippen LogP contribution >= 0.6 is 0 Å². The molecule has 10 nitrogen and oxygen atoms in total. The van der Waals surface area contributed by atoms with Crippen LogP contribution in [-0.2, 0) is 6.18 Å². The number of carbonyl (C=O) groups is 2. The average Bonchev–Trinajstić information content (AvgIpc) is 3.27. The number of oxazole rings is 1. The molecular weight excluding hydrogens is 481 g/mol. The molecule has 36 heavy (non-hydrogen) atoms. The summed E-state index contributed by atoms with van der Waals surface area (Å²) in [6.45, 7) is 5.69. The number of nitrogens with two attached hydrogens (primary N) is 1. The smallest absolute Gasteiger partial charge is 0.433 e. The van der Waals surface area contributed by atoms with Gasteiger partial charge in [0, 0.05) is 30.1 Å². The third kappa shape index (κ3) is 5.85. The summed E-state index contributed by atoms with van der Waals surface area (Å²) in [4.78, 5) is 32.6. The summed E-state index contributed by atoms with van der Waals surface area (Å²) in [6, 6.07) is 3.55. The first-order chi connectivity index (χ1) is 17.0. The molecule has 5 N–H and O–H groups in total. The highest BCUT2D eigenvalue weighted by molar-refractivity contribution is 5.98. The van der Waals surface area contributed by atoms with Crippen LogP contribution < -0.4 is 26.4 Å². The monoisotopic (exact) mass is 508 g/mol. The molecule has 2 aromatic heterocycles. The molecule has 0 spiro atoms. The van der Waals surface area contributed by atoms with Crippen LogP contribution in [0.5, 0.6) is 5.75 Å². The maximum absolute atomic E-state index is 13.2. The van der Waals surface area contributed by atoms with Crippen molar-refractivity contribution in [1.29, 1.82) is 0 Å². The fourth-order valence-corrected chi connectivity index (χ4v) is 3.43. The molecule has 2 atom stereocenters. The normalized spacial score (nSPS) is 13.2. The van der Waals surface area contributed by atoms with Crippen LogP contribution in [0.3, 0.4) is 0 Å². The number of amides is 3. The number of hydrogen-bond acceptors (Lipinski definition) is 7. The molecule has 0 aliphatic carbocycles. The van der Waals surface area contributed by atoms with E-state index in [-0.39, 0.29) is 46.6 Å². The van der Waals surface area contributed by atoms with Crippen molar-refractivity contribution in [1.82, 2.24) is 25.9 Å². The fraction of sp³-hybridized carbons (Fsp3) is 0.391. The van der Waals surface area contributed by atoms with Crippen LogP contribution in [-0.4, -0.2) is 48.1 Å². The molecule has 0 saturated carbocycles. The summed E-state index contributed by atoms with van der Waals surface area (Å²) in [5, 5.41) is 8.21. The standard InChI is InChI=1S/C23H27F3N6O4/c1-5-28-22(34)29-10-11(2)30-20(33)18-19(12(3)27)36-21(32-18)14-6-8-15(35-4)17-13(14)7-9-16(31-17)23(24,25)26/h6-9,11-12H,5,10,27H2,1-4H3,(H,30,33)(H2,28,29,34)/t11-,12-/m0/s1. The van der Waals surface area contributed by atoms with Crippen LogP contribution in [0.4, 0.5) is 18.0 Å². The van der Waals surface area contributed by atoms with E-state index in [1.54, 1.807) is 26.8 Å². The molecule has 3 aromatic rings. The van der Waals surface area contributed by atoms with Crippen LogP contribution in [0.25, 0.3) is 22.4 Å². The van der Waals surface area contributed by atoms with Crippen molar-refractivity contribution in [3.63, 3.8) is 0 Å². The summed E-state index contributed by atoms with van der Waals surface area (Å²) in [5.74, 6) is -0.381. The lowest BCUT2D eigenvalue weighted by molar-refractivity contribution is -0.140. The first-order valence-electron chi connectivity index (χ1n) is 11.1. The van der Waals surface area contributed by atoms with E-state index >= 15 is 0 Å². The van der Waals surface area contributed by atoms with Gasteiger partial charge in [-0.2, -0.15) is 13.2 Å². The van der Waals surface area contributed by atoms with E-state index in [0.29, 0.717) is 12.1 Å². The quantitative estimate of drug-likeness (QED) is 0.365. The van der Waals surface area contributed by atoms with Gasteiger partial charge in [0.1, 0.15) is 17.0 Å².